The van der Waals surface area contributed by atoms with Gasteiger partial charge >= 0.3 is 0 Å². The average molecular weight is 390 g/mol. The van der Waals surface area contributed by atoms with Crippen LogP contribution in [-0.2, 0) is 11.8 Å². The third kappa shape index (κ3) is 3.59. The number of aryl methyl sites for hydroxylation is 1. The first-order chi connectivity index (χ1) is 11.0. The van der Waals surface area contributed by atoms with Crippen LogP contribution in [0.4, 0.5) is 5.69 Å². The zero-order chi connectivity index (χ0) is 16.4. The van der Waals surface area contributed by atoms with Gasteiger partial charge in [0.25, 0.3) is 0 Å². The van der Waals surface area contributed by atoms with E-state index in [0.717, 1.165) is 26.3 Å². The van der Waals surface area contributed by atoms with Crippen LogP contribution < -0.4 is 5.32 Å². The van der Waals surface area contributed by atoms with Crippen molar-refractivity contribution >= 4 is 50.3 Å². The second kappa shape index (κ2) is 6.76. The zero-order valence-electron chi connectivity index (χ0n) is 12.8. The minimum absolute atomic E-state index is 0.0415. The molecule has 0 bridgehead atoms. The number of carbonyl (C=O) groups is 1. The Hall–Kier alpha value is -1.79. The van der Waals surface area contributed by atoms with Crippen molar-refractivity contribution < 1.29 is 4.79 Å². The molecule has 1 aromatic heterocycles. The minimum Gasteiger partial charge on any atom is -0.325 e. The maximum atomic E-state index is 12.4. The van der Waals surface area contributed by atoms with Crippen molar-refractivity contribution in [1.82, 2.24) is 9.55 Å². The summed E-state index contributed by atoms with van der Waals surface area (Å²) in [6.45, 7) is 1.89. The summed E-state index contributed by atoms with van der Waals surface area (Å²) in [5.74, 6) is -0.0415. The highest BCUT2D eigenvalue weighted by Crippen LogP contribution is 2.27. The Morgan fingerprint density at radius 2 is 2.04 bits per heavy atom. The van der Waals surface area contributed by atoms with Gasteiger partial charge in [0.2, 0.25) is 5.91 Å². The van der Waals surface area contributed by atoms with Crippen LogP contribution in [0.3, 0.4) is 0 Å². The molecular weight excluding hydrogens is 374 g/mol. The van der Waals surface area contributed by atoms with Crippen LogP contribution in [-0.4, -0.2) is 20.7 Å². The average Bonchev–Trinajstić information content (AvgIpc) is 2.84. The van der Waals surface area contributed by atoms with Crippen LogP contribution in [0.25, 0.3) is 11.0 Å². The van der Waals surface area contributed by atoms with Gasteiger partial charge in [-0.1, -0.05) is 45.9 Å². The van der Waals surface area contributed by atoms with Gasteiger partial charge in [-0.05, 0) is 37.3 Å². The highest BCUT2D eigenvalue weighted by Gasteiger charge is 2.18. The number of imidazole rings is 1. The fourth-order valence-corrected chi connectivity index (χ4v) is 3.54. The number of carbonyl (C=O) groups excluding carboxylic acids is 1. The van der Waals surface area contributed by atoms with E-state index in [9.17, 15) is 4.79 Å². The molecule has 0 saturated carbocycles. The molecule has 3 rings (SSSR count). The summed E-state index contributed by atoms with van der Waals surface area (Å²) < 4.78 is 2.95. The molecular formula is C17H16BrN3OS. The smallest absolute Gasteiger partial charge is 0.237 e. The number of hydrogen-bond acceptors (Lipinski definition) is 3. The van der Waals surface area contributed by atoms with Crippen molar-refractivity contribution in [3.05, 3.63) is 53.0 Å². The Balaban J connectivity index is 1.73. The largest absolute Gasteiger partial charge is 0.325 e. The predicted molar refractivity (Wildman–Crippen MR) is 98.8 cm³/mol. The van der Waals surface area contributed by atoms with Crippen molar-refractivity contribution in [3.63, 3.8) is 0 Å². The number of nitrogens with one attached hydrogen (secondary N) is 1. The summed E-state index contributed by atoms with van der Waals surface area (Å²) in [7, 11) is 1.97. The first kappa shape index (κ1) is 16.1. The molecule has 1 heterocycles. The fourth-order valence-electron chi connectivity index (χ4n) is 2.25. The molecule has 6 heteroatoms. The molecule has 0 aliphatic rings. The van der Waals surface area contributed by atoms with Gasteiger partial charge < -0.3 is 9.88 Å². The Morgan fingerprint density at radius 3 is 2.78 bits per heavy atom. The van der Waals surface area contributed by atoms with E-state index >= 15 is 0 Å². The summed E-state index contributed by atoms with van der Waals surface area (Å²) in [6.07, 6.45) is 0. The van der Waals surface area contributed by atoms with Crippen LogP contribution in [0.5, 0.6) is 0 Å². The zero-order valence-corrected chi connectivity index (χ0v) is 15.2. The minimum atomic E-state index is -0.246. The van der Waals surface area contributed by atoms with Crippen molar-refractivity contribution in [2.24, 2.45) is 7.05 Å². The van der Waals surface area contributed by atoms with Gasteiger partial charge in [-0.2, -0.15) is 0 Å². The highest BCUT2D eigenvalue weighted by molar-refractivity contribution is 9.10. The lowest BCUT2D eigenvalue weighted by Crippen LogP contribution is -2.22. The van der Waals surface area contributed by atoms with E-state index in [4.69, 9.17) is 0 Å². The number of para-hydroxylation sites is 2. The number of thioether (sulfide) groups is 1. The van der Waals surface area contributed by atoms with Gasteiger partial charge in [0.1, 0.15) is 0 Å². The van der Waals surface area contributed by atoms with E-state index in [2.05, 4.69) is 26.2 Å². The molecule has 1 unspecified atom stereocenters. The number of halogens is 1. The maximum Gasteiger partial charge on any atom is 0.237 e. The normalized spacial score (nSPS) is 12.3. The summed E-state index contributed by atoms with van der Waals surface area (Å²) in [6, 6.07) is 15.5. The summed E-state index contributed by atoms with van der Waals surface area (Å²) in [5.41, 5.74) is 2.79. The van der Waals surface area contributed by atoms with Gasteiger partial charge in [-0.15, -0.1) is 0 Å². The fraction of sp³-hybridized carbons (Fsp3) is 0.176. The number of hydrogen-bond donors (Lipinski definition) is 1. The van der Waals surface area contributed by atoms with Gasteiger partial charge in [0.15, 0.2) is 5.16 Å². The lowest BCUT2D eigenvalue weighted by Gasteiger charge is -2.12. The van der Waals surface area contributed by atoms with E-state index < -0.39 is 0 Å². The van der Waals surface area contributed by atoms with Crippen LogP contribution in [0.2, 0.25) is 0 Å². The molecule has 3 aromatic rings. The second-order valence-electron chi connectivity index (χ2n) is 5.20. The van der Waals surface area contributed by atoms with Crippen molar-refractivity contribution in [2.75, 3.05) is 5.32 Å². The summed E-state index contributed by atoms with van der Waals surface area (Å²) >= 11 is 4.86. The number of aromatic nitrogens is 2. The molecule has 1 amide bonds. The number of benzene rings is 2. The van der Waals surface area contributed by atoms with E-state index in [1.54, 1.807) is 0 Å². The molecule has 0 fully saturated rings. The lowest BCUT2D eigenvalue weighted by molar-refractivity contribution is -0.115. The van der Waals surface area contributed by atoms with E-state index in [-0.39, 0.29) is 11.2 Å². The lowest BCUT2D eigenvalue weighted by atomic mass is 10.3. The quantitative estimate of drug-likeness (QED) is 0.670. The molecule has 0 aliphatic carbocycles. The number of fused-ring (bicyclic) bond motifs is 1. The Morgan fingerprint density at radius 1 is 1.26 bits per heavy atom. The van der Waals surface area contributed by atoms with Crippen LogP contribution >= 0.6 is 27.7 Å². The topological polar surface area (TPSA) is 46.9 Å². The van der Waals surface area contributed by atoms with Gasteiger partial charge in [0.05, 0.1) is 16.3 Å². The molecule has 1 N–H and O–H groups in total. The number of nitrogens with zero attached hydrogens (tertiary/aromatic N) is 2. The van der Waals surface area contributed by atoms with E-state index in [0.29, 0.717) is 0 Å². The number of amides is 1. The summed E-state index contributed by atoms with van der Waals surface area (Å²) in [5, 5.41) is 3.52. The van der Waals surface area contributed by atoms with E-state index in [1.165, 1.54) is 11.8 Å². The van der Waals surface area contributed by atoms with Crippen molar-refractivity contribution in [1.29, 1.82) is 0 Å². The SMILES string of the molecule is CC(Sc1nc2ccccc2n1C)C(=O)Nc1cccc(Br)c1. The standard InChI is InChI=1S/C17H16BrN3OS/c1-11(16(22)19-13-7-5-6-12(18)10-13)23-17-20-14-8-3-4-9-15(14)21(17)2/h3-11H,1-2H3,(H,19,22). The molecule has 0 aliphatic heterocycles. The molecule has 2 aromatic carbocycles. The Labute approximate surface area is 147 Å². The van der Waals surface area contributed by atoms with Gasteiger partial charge in [-0.25, -0.2) is 4.98 Å². The predicted octanol–water partition coefficient (Wildman–Crippen LogP) is 4.46. The molecule has 0 spiro atoms. The maximum absolute atomic E-state index is 12.4. The number of rotatable bonds is 4. The van der Waals surface area contributed by atoms with Crippen LogP contribution in [0, 0.1) is 0 Å². The molecule has 0 radical (unpaired) electrons. The Bertz CT molecular complexity index is 862. The second-order valence-corrected chi connectivity index (χ2v) is 7.43. The molecule has 1 atom stereocenters. The first-order valence-corrected chi connectivity index (χ1v) is 8.86. The van der Waals surface area contributed by atoms with Crippen molar-refractivity contribution in [3.8, 4) is 0 Å². The molecule has 23 heavy (non-hydrogen) atoms. The third-order valence-corrected chi connectivity index (χ3v) is 5.13. The monoisotopic (exact) mass is 389 g/mol. The Kier molecular flexibility index (Phi) is 4.73. The summed E-state index contributed by atoms with van der Waals surface area (Å²) in [4.78, 5) is 17.0. The molecule has 0 saturated heterocycles. The number of anilines is 1. The molecule has 118 valence electrons. The third-order valence-electron chi connectivity index (χ3n) is 3.49. The van der Waals surface area contributed by atoms with Gasteiger partial charge in [-0.3, -0.25) is 4.79 Å². The van der Waals surface area contributed by atoms with Gasteiger partial charge in [0, 0.05) is 17.2 Å². The first-order valence-electron chi connectivity index (χ1n) is 7.19. The van der Waals surface area contributed by atoms with Crippen LogP contribution in [0.15, 0.2) is 58.2 Å². The highest BCUT2D eigenvalue weighted by atomic mass is 79.9. The van der Waals surface area contributed by atoms with Crippen LogP contribution in [0.1, 0.15) is 6.92 Å². The van der Waals surface area contributed by atoms with Crippen molar-refractivity contribution in [2.45, 2.75) is 17.3 Å². The van der Waals surface area contributed by atoms with E-state index in [1.807, 2.05) is 67.1 Å². The molecule has 4 nitrogen and oxygen atoms in total.